The zero-order valence-corrected chi connectivity index (χ0v) is 16.9. The molecule has 3 N–H and O–H groups in total. The van der Waals surface area contributed by atoms with Gasteiger partial charge in [0, 0.05) is 48.3 Å². The van der Waals surface area contributed by atoms with E-state index in [1.54, 1.807) is 36.8 Å². The van der Waals surface area contributed by atoms with E-state index < -0.39 is 4.92 Å². The number of hydrogen-bond acceptors (Lipinski definition) is 8. The summed E-state index contributed by atoms with van der Waals surface area (Å²) < 4.78 is 0. The van der Waals surface area contributed by atoms with E-state index in [1.165, 1.54) is 12.3 Å². The molecule has 0 fully saturated rings. The van der Waals surface area contributed by atoms with Crippen LogP contribution in [0.15, 0.2) is 61.2 Å². The van der Waals surface area contributed by atoms with Gasteiger partial charge in [-0.25, -0.2) is 19.9 Å². The highest BCUT2D eigenvalue weighted by Crippen LogP contribution is 2.29. The Hall–Kier alpha value is -4.05. The normalized spacial score (nSPS) is 10.6. The summed E-state index contributed by atoms with van der Waals surface area (Å²) in [6.07, 6.45) is 6.34. The summed E-state index contributed by atoms with van der Waals surface area (Å²) in [5, 5.41) is 17.6. The van der Waals surface area contributed by atoms with Gasteiger partial charge < -0.3 is 15.6 Å². The van der Waals surface area contributed by atoms with E-state index in [0.717, 1.165) is 11.1 Å². The molecule has 0 radical (unpaired) electrons. The Balaban J connectivity index is 1.45. The summed E-state index contributed by atoms with van der Waals surface area (Å²) in [6, 6.07) is 10.4. The van der Waals surface area contributed by atoms with E-state index in [2.05, 4.69) is 35.6 Å². The van der Waals surface area contributed by atoms with Gasteiger partial charge in [0.05, 0.1) is 16.2 Å². The van der Waals surface area contributed by atoms with Crippen molar-refractivity contribution >= 4 is 29.1 Å². The Morgan fingerprint density at radius 1 is 1.00 bits per heavy atom. The van der Waals surface area contributed by atoms with Crippen molar-refractivity contribution in [3.8, 4) is 22.6 Å². The molecule has 0 amide bonds. The van der Waals surface area contributed by atoms with E-state index in [0.29, 0.717) is 41.4 Å². The molecule has 1 aromatic carbocycles. The maximum absolute atomic E-state index is 10.7. The van der Waals surface area contributed by atoms with Crippen LogP contribution < -0.4 is 10.6 Å². The second kappa shape index (κ2) is 9.18. The molecule has 11 heteroatoms. The molecule has 0 atom stereocenters. The number of anilines is 2. The Bertz CT molecular complexity index is 1170. The summed E-state index contributed by atoms with van der Waals surface area (Å²) in [4.78, 5) is 30.6. The fraction of sp³-hybridized carbons (Fsp3) is 0.100. The number of rotatable bonds is 8. The van der Waals surface area contributed by atoms with Crippen molar-refractivity contribution in [2.24, 2.45) is 0 Å². The molecular weight excluding hydrogens is 420 g/mol. The summed E-state index contributed by atoms with van der Waals surface area (Å²) in [7, 11) is 0. The quantitative estimate of drug-likeness (QED) is 0.214. The first-order chi connectivity index (χ1) is 15.1. The van der Waals surface area contributed by atoms with Crippen LogP contribution in [0.1, 0.15) is 0 Å². The van der Waals surface area contributed by atoms with E-state index in [1.807, 2.05) is 12.1 Å². The minimum atomic E-state index is -0.486. The third kappa shape index (κ3) is 4.93. The van der Waals surface area contributed by atoms with Crippen molar-refractivity contribution in [2.45, 2.75) is 0 Å². The second-order valence-electron chi connectivity index (χ2n) is 6.41. The highest BCUT2D eigenvalue weighted by atomic mass is 35.5. The van der Waals surface area contributed by atoms with Crippen LogP contribution in [-0.2, 0) is 0 Å². The van der Waals surface area contributed by atoms with E-state index >= 15 is 0 Å². The molecule has 0 aliphatic carbocycles. The van der Waals surface area contributed by atoms with Crippen LogP contribution in [0.2, 0.25) is 5.02 Å². The molecule has 0 spiro atoms. The third-order valence-electron chi connectivity index (χ3n) is 4.33. The zero-order valence-electron chi connectivity index (χ0n) is 16.1. The van der Waals surface area contributed by atoms with Crippen molar-refractivity contribution in [3.05, 3.63) is 76.3 Å². The highest BCUT2D eigenvalue weighted by molar-refractivity contribution is 6.30. The molecule has 0 unspecified atom stereocenters. The smallest absolute Gasteiger partial charge is 0.287 e. The van der Waals surface area contributed by atoms with Crippen molar-refractivity contribution < 1.29 is 4.92 Å². The first-order valence-corrected chi connectivity index (χ1v) is 9.69. The van der Waals surface area contributed by atoms with Gasteiger partial charge in [0.25, 0.3) is 5.69 Å². The minimum absolute atomic E-state index is 0.0524. The van der Waals surface area contributed by atoms with Crippen LogP contribution in [0.4, 0.5) is 17.5 Å². The summed E-state index contributed by atoms with van der Waals surface area (Å²) >= 11 is 6.02. The van der Waals surface area contributed by atoms with Gasteiger partial charge in [-0.1, -0.05) is 23.7 Å². The number of benzene rings is 1. The predicted octanol–water partition coefficient (Wildman–Crippen LogP) is 4.01. The van der Waals surface area contributed by atoms with Crippen molar-refractivity contribution in [2.75, 3.05) is 23.7 Å². The summed E-state index contributed by atoms with van der Waals surface area (Å²) in [6.45, 7) is 1.03. The van der Waals surface area contributed by atoms with Gasteiger partial charge in [-0.2, -0.15) is 0 Å². The maximum Gasteiger partial charge on any atom is 0.287 e. The Kier molecular flexibility index (Phi) is 5.99. The minimum Gasteiger partial charge on any atom is -0.368 e. The van der Waals surface area contributed by atoms with Crippen LogP contribution in [0.5, 0.6) is 0 Å². The monoisotopic (exact) mass is 436 g/mol. The lowest BCUT2D eigenvalue weighted by atomic mass is 10.1. The number of nitrogens with zero attached hydrogens (tertiary/aromatic N) is 5. The molecule has 0 saturated heterocycles. The van der Waals surface area contributed by atoms with Gasteiger partial charge in [0.2, 0.25) is 5.95 Å². The third-order valence-corrected chi connectivity index (χ3v) is 4.58. The SMILES string of the molecule is O=[N+]([O-])c1ccc(NCCNc2ncc(-c3ncc[nH]3)c(-c3ccc(Cl)cc3)n2)nc1. The fourth-order valence-corrected chi connectivity index (χ4v) is 2.97. The number of imidazole rings is 1. The second-order valence-corrected chi connectivity index (χ2v) is 6.85. The van der Waals surface area contributed by atoms with E-state index in [4.69, 9.17) is 11.6 Å². The number of hydrogen-bond donors (Lipinski definition) is 3. The van der Waals surface area contributed by atoms with E-state index in [9.17, 15) is 10.1 Å². The molecule has 0 aliphatic rings. The molecule has 10 nitrogen and oxygen atoms in total. The fourth-order valence-electron chi connectivity index (χ4n) is 2.84. The number of halogens is 1. The van der Waals surface area contributed by atoms with Crippen molar-refractivity contribution in [1.82, 2.24) is 24.9 Å². The lowest BCUT2D eigenvalue weighted by molar-refractivity contribution is -0.385. The topological polar surface area (TPSA) is 135 Å². The number of pyridine rings is 1. The molecule has 0 bridgehead atoms. The van der Waals surface area contributed by atoms with Gasteiger partial charge in [-0.3, -0.25) is 10.1 Å². The maximum atomic E-state index is 10.7. The van der Waals surface area contributed by atoms with Gasteiger partial charge in [-0.05, 0) is 18.2 Å². The lowest BCUT2D eigenvalue weighted by Crippen LogP contribution is -2.16. The average Bonchev–Trinajstić information content (AvgIpc) is 3.32. The van der Waals surface area contributed by atoms with Crippen LogP contribution in [0, 0.1) is 10.1 Å². The Morgan fingerprint density at radius 3 is 2.48 bits per heavy atom. The largest absolute Gasteiger partial charge is 0.368 e. The summed E-state index contributed by atoms with van der Waals surface area (Å²) in [5.41, 5.74) is 2.32. The van der Waals surface area contributed by atoms with Crippen LogP contribution in [0.3, 0.4) is 0 Å². The zero-order chi connectivity index (χ0) is 21.6. The molecule has 0 aliphatic heterocycles. The van der Waals surface area contributed by atoms with Crippen LogP contribution >= 0.6 is 11.6 Å². The van der Waals surface area contributed by atoms with Crippen LogP contribution in [-0.4, -0.2) is 42.9 Å². The Labute approximate surface area is 181 Å². The van der Waals surface area contributed by atoms with Gasteiger partial charge >= 0.3 is 0 Å². The molecular formula is C20H17ClN8O2. The highest BCUT2D eigenvalue weighted by Gasteiger charge is 2.13. The van der Waals surface area contributed by atoms with Gasteiger partial charge in [0.1, 0.15) is 17.8 Å². The predicted molar refractivity (Wildman–Crippen MR) is 118 cm³/mol. The molecule has 4 aromatic rings. The van der Waals surface area contributed by atoms with Gasteiger partial charge in [0.15, 0.2) is 0 Å². The molecule has 156 valence electrons. The number of nitro groups is 1. The van der Waals surface area contributed by atoms with Crippen molar-refractivity contribution in [1.29, 1.82) is 0 Å². The summed E-state index contributed by atoms with van der Waals surface area (Å²) in [5.74, 6) is 1.67. The molecule has 3 heterocycles. The number of nitrogens with one attached hydrogen (secondary N) is 3. The molecule has 3 aromatic heterocycles. The van der Waals surface area contributed by atoms with E-state index in [-0.39, 0.29) is 5.69 Å². The number of aromatic amines is 1. The first kappa shape index (κ1) is 20.2. The Morgan fingerprint density at radius 2 is 1.81 bits per heavy atom. The number of H-pyrrole nitrogens is 1. The lowest BCUT2D eigenvalue weighted by Gasteiger charge is -2.11. The molecule has 31 heavy (non-hydrogen) atoms. The molecule has 0 saturated carbocycles. The van der Waals surface area contributed by atoms with Crippen LogP contribution in [0.25, 0.3) is 22.6 Å². The van der Waals surface area contributed by atoms with Crippen molar-refractivity contribution in [3.63, 3.8) is 0 Å². The average molecular weight is 437 g/mol. The van der Waals surface area contributed by atoms with Gasteiger partial charge in [-0.15, -0.1) is 0 Å². The number of aromatic nitrogens is 5. The first-order valence-electron chi connectivity index (χ1n) is 9.31. The molecule has 4 rings (SSSR count). The standard InChI is InChI=1S/C20H17ClN8O2/c21-14-3-1-13(2-4-14)18-16(19-23-8-9-24-19)12-27-20(28-18)25-10-7-22-17-6-5-15(11-26-17)29(30)31/h1-6,8-9,11-12H,7,10H2,(H,22,26)(H,23,24)(H,25,27,28).